The van der Waals surface area contributed by atoms with E-state index in [0.29, 0.717) is 35.3 Å². The summed E-state index contributed by atoms with van der Waals surface area (Å²) in [6, 6.07) is 11.6. The van der Waals surface area contributed by atoms with Gasteiger partial charge in [0.1, 0.15) is 28.4 Å². The van der Waals surface area contributed by atoms with Crippen molar-refractivity contribution in [1.82, 2.24) is 14.6 Å². The third-order valence-corrected chi connectivity index (χ3v) is 6.08. The van der Waals surface area contributed by atoms with E-state index in [0.717, 1.165) is 33.5 Å². The summed E-state index contributed by atoms with van der Waals surface area (Å²) in [5.74, 6) is 2.10. The molecule has 5 rings (SSSR count). The molecule has 0 unspecified atom stereocenters. The lowest BCUT2D eigenvalue weighted by atomic mass is 9.95. The summed E-state index contributed by atoms with van der Waals surface area (Å²) in [7, 11) is 3.23. The first-order chi connectivity index (χ1) is 14.5. The zero-order valence-corrected chi connectivity index (χ0v) is 17.6. The van der Waals surface area contributed by atoms with Crippen molar-refractivity contribution in [2.45, 2.75) is 19.6 Å². The standard InChI is InChI=1S/C22H21ClN4O3/c1-12-20(23)22-24-21(13-6-4-5-7-15(13)27(22)25-12)26-10-14-17(29-2)8-9-18(30-3)19(14)16(28)11-26/h4-9,16,28H,10-11H2,1-3H3/t16-/m1/s1. The average molecular weight is 425 g/mol. The van der Waals surface area contributed by atoms with Gasteiger partial charge in [-0.3, -0.25) is 0 Å². The molecule has 0 bridgehead atoms. The molecule has 3 heterocycles. The third-order valence-electron chi connectivity index (χ3n) is 5.64. The van der Waals surface area contributed by atoms with Crippen LogP contribution in [0, 0.1) is 6.92 Å². The Morgan fingerprint density at radius 3 is 2.60 bits per heavy atom. The van der Waals surface area contributed by atoms with Gasteiger partial charge in [-0.25, -0.2) is 9.50 Å². The van der Waals surface area contributed by atoms with Gasteiger partial charge in [0.05, 0.1) is 32.0 Å². The highest BCUT2D eigenvalue weighted by atomic mass is 35.5. The van der Waals surface area contributed by atoms with E-state index in [4.69, 9.17) is 26.1 Å². The molecule has 0 saturated heterocycles. The zero-order valence-electron chi connectivity index (χ0n) is 16.9. The van der Waals surface area contributed by atoms with Crippen molar-refractivity contribution in [2.24, 2.45) is 0 Å². The number of aryl methyl sites for hydroxylation is 1. The normalized spacial score (nSPS) is 16.2. The molecule has 8 heteroatoms. The molecule has 0 saturated carbocycles. The summed E-state index contributed by atoms with van der Waals surface area (Å²) in [4.78, 5) is 6.92. The van der Waals surface area contributed by atoms with Crippen molar-refractivity contribution in [3.8, 4) is 11.5 Å². The molecule has 2 aromatic carbocycles. The Morgan fingerprint density at radius 2 is 1.83 bits per heavy atom. The van der Waals surface area contributed by atoms with Crippen LogP contribution >= 0.6 is 11.6 Å². The molecule has 7 nitrogen and oxygen atoms in total. The maximum atomic E-state index is 11.0. The van der Waals surface area contributed by atoms with Crippen molar-refractivity contribution in [1.29, 1.82) is 0 Å². The van der Waals surface area contributed by atoms with Gasteiger partial charge in [-0.1, -0.05) is 23.7 Å². The van der Waals surface area contributed by atoms with Crippen LogP contribution < -0.4 is 14.4 Å². The number of nitrogens with zero attached hydrogens (tertiary/aromatic N) is 4. The van der Waals surface area contributed by atoms with Gasteiger partial charge in [0.25, 0.3) is 0 Å². The Hall–Kier alpha value is -3.03. The number of aliphatic hydroxyl groups is 1. The monoisotopic (exact) mass is 424 g/mol. The molecule has 1 atom stereocenters. The van der Waals surface area contributed by atoms with Crippen molar-refractivity contribution < 1.29 is 14.6 Å². The Bertz CT molecular complexity index is 1290. The maximum Gasteiger partial charge on any atom is 0.176 e. The smallest absolute Gasteiger partial charge is 0.176 e. The van der Waals surface area contributed by atoms with Crippen LogP contribution in [-0.4, -0.2) is 40.5 Å². The number of para-hydroxylation sites is 1. The van der Waals surface area contributed by atoms with Crippen LogP contribution in [0.3, 0.4) is 0 Å². The fraction of sp³-hybridized carbons (Fsp3) is 0.273. The first-order valence-electron chi connectivity index (χ1n) is 9.63. The summed E-state index contributed by atoms with van der Waals surface area (Å²) >= 11 is 6.50. The number of methoxy groups -OCH3 is 2. The molecule has 1 aliphatic rings. The van der Waals surface area contributed by atoms with Gasteiger partial charge < -0.3 is 19.5 Å². The van der Waals surface area contributed by atoms with Crippen molar-refractivity contribution in [3.63, 3.8) is 0 Å². The molecule has 0 spiro atoms. The van der Waals surface area contributed by atoms with Crippen molar-refractivity contribution >= 4 is 34.0 Å². The Labute approximate surface area is 178 Å². The lowest BCUT2D eigenvalue weighted by molar-refractivity contribution is 0.169. The molecule has 0 amide bonds. The van der Waals surface area contributed by atoms with E-state index < -0.39 is 6.10 Å². The van der Waals surface area contributed by atoms with Gasteiger partial charge in [0.2, 0.25) is 0 Å². The Balaban J connectivity index is 1.73. The topological polar surface area (TPSA) is 72.1 Å². The Kier molecular flexibility index (Phi) is 4.45. The second kappa shape index (κ2) is 7.04. The lowest BCUT2D eigenvalue weighted by Crippen LogP contribution is -2.35. The molecular weight excluding hydrogens is 404 g/mol. The van der Waals surface area contributed by atoms with Crippen LogP contribution in [0.1, 0.15) is 22.9 Å². The van der Waals surface area contributed by atoms with Gasteiger partial charge in [-0.05, 0) is 31.2 Å². The van der Waals surface area contributed by atoms with Crippen LogP contribution in [0.15, 0.2) is 36.4 Å². The van der Waals surface area contributed by atoms with Gasteiger partial charge in [0, 0.05) is 23.1 Å². The molecule has 2 aromatic heterocycles. The predicted molar refractivity (Wildman–Crippen MR) is 116 cm³/mol. The lowest BCUT2D eigenvalue weighted by Gasteiger charge is -2.35. The largest absolute Gasteiger partial charge is 0.496 e. The molecule has 0 radical (unpaired) electrons. The summed E-state index contributed by atoms with van der Waals surface area (Å²) in [5, 5.41) is 17.0. The van der Waals surface area contributed by atoms with E-state index in [1.807, 2.05) is 43.3 Å². The van der Waals surface area contributed by atoms with Gasteiger partial charge in [-0.15, -0.1) is 0 Å². The molecule has 154 valence electrons. The fourth-order valence-corrected chi connectivity index (χ4v) is 4.41. The highest BCUT2D eigenvalue weighted by Gasteiger charge is 2.31. The van der Waals surface area contributed by atoms with Crippen LogP contribution in [0.5, 0.6) is 11.5 Å². The maximum absolute atomic E-state index is 11.0. The molecule has 1 N–H and O–H groups in total. The number of halogens is 1. The highest BCUT2D eigenvalue weighted by Crippen LogP contribution is 2.41. The summed E-state index contributed by atoms with van der Waals surface area (Å²) < 4.78 is 12.8. The van der Waals surface area contributed by atoms with Gasteiger partial charge >= 0.3 is 0 Å². The molecule has 1 aliphatic heterocycles. The number of ether oxygens (including phenoxy) is 2. The van der Waals surface area contributed by atoms with Crippen LogP contribution in [0.25, 0.3) is 16.6 Å². The number of aromatic nitrogens is 3. The van der Waals surface area contributed by atoms with Crippen molar-refractivity contribution in [3.05, 3.63) is 58.2 Å². The van der Waals surface area contributed by atoms with Gasteiger partial charge in [0.15, 0.2) is 5.65 Å². The number of β-amino-alcohol motifs (C(OH)–C–C–N with tert-alkyl or cyclic N) is 1. The van der Waals surface area contributed by atoms with E-state index in [1.54, 1.807) is 18.7 Å². The van der Waals surface area contributed by atoms with E-state index in [2.05, 4.69) is 10.00 Å². The minimum absolute atomic E-state index is 0.369. The summed E-state index contributed by atoms with van der Waals surface area (Å²) in [6.45, 7) is 2.75. The average Bonchev–Trinajstić information content (AvgIpc) is 3.06. The number of hydrogen-bond donors (Lipinski definition) is 1. The van der Waals surface area contributed by atoms with Crippen LogP contribution in [0.4, 0.5) is 5.82 Å². The molecule has 0 aliphatic carbocycles. The molecule has 30 heavy (non-hydrogen) atoms. The first kappa shape index (κ1) is 19.0. The van der Waals surface area contributed by atoms with Crippen LogP contribution in [-0.2, 0) is 6.54 Å². The third kappa shape index (κ3) is 2.69. The van der Waals surface area contributed by atoms with E-state index in [9.17, 15) is 5.11 Å². The first-order valence-corrected chi connectivity index (χ1v) is 10.0. The van der Waals surface area contributed by atoms with E-state index in [1.165, 1.54) is 0 Å². The number of hydrogen-bond acceptors (Lipinski definition) is 6. The SMILES string of the molecule is COc1ccc(OC)c2c1CN(c1nc3c(Cl)c(C)nn3c3ccccc13)C[C@H]2O. The fourth-order valence-electron chi connectivity index (χ4n) is 4.25. The van der Waals surface area contributed by atoms with Crippen molar-refractivity contribution in [2.75, 3.05) is 25.7 Å². The van der Waals surface area contributed by atoms with Crippen LogP contribution in [0.2, 0.25) is 5.02 Å². The molecular formula is C22H21ClN4O3. The number of benzene rings is 2. The number of fused-ring (bicyclic) bond motifs is 4. The minimum Gasteiger partial charge on any atom is -0.496 e. The van der Waals surface area contributed by atoms with E-state index >= 15 is 0 Å². The summed E-state index contributed by atoms with van der Waals surface area (Å²) in [6.07, 6.45) is -0.752. The molecule has 4 aromatic rings. The number of aliphatic hydroxyl groups excluding tert-OH is 1. The number of rotatable bonds is 3. The highest BCUT2D eigenvalue weighted by molar-refractivity contribution is 6.34. The quantitative estimate of drug-likeness (QED) is 0.537. The van der Waals surface area contributed by atoms with Gasteiger partial charge in [-0.2, -0.15) is 5.10 Å². The second-order valence-corrected chi connectivity index (χ2v) is 7.72. The predicted octanol–water partition coefficient (Wildman–Crippen LogP) is 3.92. The van der Waals surface area contributed by atoms with E-state index in [-0.39, 0.29) is 0 Å². The number of anilines is 1. The Morgan fingerprint density at radius 1 is 1.10 bits per heavy atom. The zero-order chi connectivity index (χ0) is 21.0. The second-order valence-electron chi connectivity index (χ2n) is 7.35. The minimum atomic E-state index is -0.752. The molecule has 0 fully saturated rings. The summed E-state index contributed by atoms with van der Waals surface area (Å²) in [5.41, 5.74) is 3.88.